The molecule has 0 spiro atoms. The van der Waals surface area contributed by atoms with Crippen molar-refractivity contribution in [2.45, 2.75) is 58.6 Å². The van der Waals surface area contributed by atoms with E-state index in [9.17, 15) is 9.90 Å². The lowest BCUT2D eigenvalue weighted by atomic mass is 9.93. The summed E-state index contributed by atoms with van der Waals surface area (Å²) in [4.78, 5) is 14.6. The van der Waals surface area contributed by atoms with Crippen LogP contribution in [0.15, 0.2) is 24.3 Å². The van der Waals surface area contributed by atoms with E-state index in [1.807, 2.05) is 0 Å². The average molecular weight is 332 g/mol. The fourth-order valence-corrected chi connectivity index (χ4v) is 3.22. The molecule has 2 rings (SSSR count). The summed E-state index contributed by atoms with van der Waals surface area (Å²) in [5.41, 5.74) is 2.48. The van der Waals surface area contributed by atoms with Crippen molar-refractivity contribution in [3.8, 4) is 0 Å². The second kappa shape index (κ2) is 8.63. The van der Waals surface area contributed by atoms with E-state index in [4.69, 9.17) is 0 Å². The highest BCUT2D eigenvalue weighted by molar-refractivity contribution is 5.78. The van der Waals surface area contributed by atoms with Gasteiger partial charge in [-0.3, -0.25) is 9.69 Å². The molecule has 1 amide bonds. The lowest BCUT2D eigenvalue weighted by Crippen LogP contribution is -2.44. The van der Waals surface area contributed by atoms with Crippen molar-refractivity contribution < 1.29 is 9.90 Å². The molecule has 0 aliphatic carbocycles. The molecule has 0 saturated carbocycles. The van der Waals surface area contributed by atoms with Crippen LogP contribution in [-0.2, 0) is 4.79 Å². The van der Waals surface area contributed by atoms with Gasteiger partial charge in [-0.15, -0.1) is 0 Å². The lowest BCUT2D eigenvalue weighted by Gasteiger charge is -2.30. The first-order valence-electron chi connectivity index (χ1n) is 9.16. The van der Waals surface area contributed by atoms with E-state index in [1.54, 1.807) is 0 Å². The fourth-order valence-electron chi connectivity index (χ4n) is 3.22. The van der Waals surface area contributed by atoms with Crippen LogP contribution in [0.1, 0.15) is 63.6 Å². The van der Waals surface area contributed by atoms with Gasteiger partial charge >= 0.3 is 0 Å². The maximum atomic E-state index is 12.4. The van der Waals surface area contributed by atoms with Crippen molar-refractivity contribution in [2.24, 2.45) is 5.92 Å². The number of hydrogen-bond acceptors (Lipinski definition) is 3. The largest absolute Gasteiger partial charge is 0.393 e. The summed E-state index contributed by atoms with van der Waals surface area (Å²) in [5, 5.41) is 12.8. The molecule has 1 saturated heterocycles. The minimum atomic E-state index is -0.202. The van der Waals surface area contributed by atoms with Crippen molar-refractivity contribution in [1.29, 1.82) is 0 Å². The molecule has 1 aromatic carbocycles. The SMILES string of the molecule is CC(C)c1ccc(C(NC(=O)CN2CCC(O)CC2)C(C)C)cc1. The van der Waals surface area contributed by atoms with Crippen molar-refractivity contribution in [1.82, 2.24) is 10.2 Å². The van der Waals surface area contributed by atoms with Gasteiger partial charge in [0.15, 0.2) is 0 Å². The predicted molar refractivity (Wildman–Crippen MR) is 97.9 cm³/mol. The van der Waals surface area contributed by atoms with Gasteiger partial charge in [-0.05, 0) is 35.8 Å². The van der Waals surface area contributed by atoms with Gasteiger partial charge in [-0.2, -0.15) is 0 Å². The van der Waals surface area contributed by atoms with E-state index < -0.39 is 0 Å². The highest BCUT2D eigenvalue weighted by atomic mass is 16.3. The zero-order chi connectivity index (χ0) is 17.7. The summed E-state index contributed by atoms with van der Waals surface area (Å²) >= 11 is 0. The highest BCUT2D eigenvalue weighted by Crippen LogP contribution is 2.24. The number of carbonyl (C=O) groups is 1. The molecule has 4 nitrogen and oxygen atoms in total. The number of aliphatic hydroxyl groups excluding tert-OH is 1. The molecule has 2 N–H and O–H groups in total. The summed E-state index contributed by atoms with van der Waals surface area (Å²) in [6.45, 7) is 10.7. The molecule has 0 radical (unpaired) electrons. The monoisotopic (exact) mass is 332 g/mol. The van der Waals surface area contributed by atoms with Gasteiger partial charge in [0.25, 0.3) is 0 Å². The van der Waals surface area contributed by atoms with Crippen molar-refractivity contribution in [3.05, 3.63) is 35.4 Å². The van der Waals surface area contributed by atoms with Gasteiger partial charge in [0, 0.05) is 13.1 Å². The summed E-state index contributed by atoms with van der Waals surface area (Å²) in [6.07, 6.45) is 1.32. The first kappa shape index (κ1) is 18.9. The summed E-state index contributed by atoms with van der Waals surface area (Å²) < 4.78 is 0. The Bertz CT molecular complexity index is 517. The molecule has 1 unspecified atom stereocenters. The molecule has 1 atom stereocenters. The number of aliphatic hydroxyl groups is 1. The molecule has 1 aliphatic heterocycles. The topological polar surface area (TPSA) is 52.6 Å². The van der Waals surface area contributed by atoms with Crippen LogP contribution in [-0.4, -0.2) is 41.7 Å². The zero-order valence-electron chi connectivity index (χ0n) is 15.5. The molecular formula is C20H32N2O2. The predicted octanol–water partition coefficient (Wildman–Crippen LogP) is 3.08. The normalized spacial score (nSPS) is 18.1. The lowest BCUT2D eigenvalue weighted by molar-refractivity contribution is -0.123. The van der Waals surface area contributed by atoms with Crippen LogP contribution in [0, 0.1) is 5.92 Å². The van der Waals surface area contributed by atoms with E-state index >= 15 is 0 Å². The second-order valence-electron chi connectivity index (χ2n) is 7.62. The minimum Gasteiger partial charge on any atom is -0.393 e. The van der Waals surface area contributed by atoms with E-state index in [0.717, 1.165) is 31.5 Å². The zero-order valence-corrected chi connectivity index (χ0v) is 15.5. The van der Waals surface area contributed by atoms with Gasteiger partial charge in [-0.25, -0.2) is 0 Å². The third kappa shape index (κ3) is 5.32. The first-order chi connectivity index (χ1) is 11.4. The fraction of sp³-hybridized carbons (Fsp3) is 0.650. The number of rotatable bonds is 6. The van der Waals surface area contributed by atoms with Crippen LogP contribution < -0.4 is 5.32 Å². The first-order valence-corrected chi connectivity index (χ1v) is 9.16. The third-order valence-corrected chi connectivity index (χ3v) is 4.87. The van der Waals surface area contributed by atoms with E-state index in [-0.39, 0.29) is 18.1 Å². The number of amides is 1. The Labute approximate surface area is 146 Å². The molecule has 1 heterocycles. The highest BCUT2D eigenvalue weighted by Gasteiger charge is 2.22. The van der Waals surface area contributed by atoms with Crippen LogP contribution in [0.4, 0.5) is 0 Å². The number of benzene rings is 1. The molecule has 134 valence electrons. The maximum Gasteiger partial charge on any atom is 0.234 e. The Morgan fingerprint density at radius 3 is 2.17 bits per heavy atom. The number of likely N-dealkylation sites (tertiary alicyclic amines) is 1. The van der Waals surface area contributed by atoms with Crippen molar-refractivity contribution >= 4 is 5.91 Å². The standard InChI is InChI=1S/C20H32N2O2/c1-14(2)16-5-7-17(8-6-16)20(15(3)4)21-19(24)13-22-11-9-18(23)10-12-22/h5-8,14-15,18,20,23H,9-13H2,1-4H3,(H,21,24). The number of nitrogens with one attached hydrogen (secondary N) is 1. The summed E-state index contributed by atoms with van der Waals surface area (Å²) in [7, 11) is 0. The molecule has 24 heavy (non-hydrogen) atoms. The van der Waals surface area contributed by atoms with Crippen LogP contribution >= 0.6 is 0 Å². The van der Waals surface area contributed by atoms with Gasteiger partial charge in [-0.1, -0.05) is 52.0 Å². The summed E-state index contributed by atoms with van der Waals surface area (Å²) in [5.74, 6) is 0.917. The molecule has 1 aliphatic rings. The van der Waals surface area contributed by atoms with Crippen LogP contribution in [0.2, 0.25) is 0 Å². The van der Waals surface area contributed by atoms with Gasteiger partial charge in [0.2, 0.25) is 5.91 Å². The number of hydrogen-bond donors (Lipinski definition) is 2. The summed E-state index contributed by atoms with van der Waals surface area (Å²) in [6, 6.07) is 8.63. The van der Waals surface area contributed by atoms with Crippen molar-refractivity contribution in [2.75, 3.05) is 19.6 Å². The van der Waals surface area contributed by atoms with Gasteiger partial charge in [0.05, 0.1) is 18.7 Å². The molecule has 1 aromatic rings. The maximum absolute atomic E-state index is 12.4. The van der Waals surface area contributed by atoms with Gasteiger partial charge < -0.3 is 10.4 Å². The van der Waals surface area contributed by atoms with E-state index in [0.29, 0.717) is 18.4 Å². The molecule has 0 aromatic heterocycles. The Morgan fingerprint density at radius 1 is 1.12 bits per heavy atom. The molecule has 1 fully saturated rings. The van der Waals surface area contributed by atoms with Gasteiger partial charge in [0.1, 0.15) is 0 Å². The molecular weight excluding hydrogens is 300 g/mol. The Hall–Kier alpha value is -1.39. The number of piperidine rings is 1. The molecule has 4 heteroatoms. The van der Waals surface area contributed by atoms with Crippen LogP contribution in [0.5, 0.6) is 0 Å². The number of nitrogens with zero attached hydrogens (tertiary/aromatic N) is 1. The Morgan fingerprint density at radius 2 is 1.67 bits per heavy atom. The quantitative estimate of drug-likeness (QED) is 0.842. The Kier molecular flexibility index (Phi) is 6.81. The van der Waals surface area contributed by atoms with E-state index in [1.165, 1.54) is 5.56 Å². The average Bonchev–Trinajstić information content (AvgIpc) is 2.54. The van der Waals surface area contributed by atoms with Crippen LogP contribution in [0.25, 0.3) is 0 Å². The van der Waals surface area contributed by atoms with Crippen LogP contribution in [0.3, 0.4) is 0 Å². The van der Waals surface area contributed by atoms with Crippen molar-refractivity contribution in [3.63, 3.8) is 0 Å². The second-order valence-corrected chi connectivity index (χ2v) is 7.62. The smallest absolute Gasteiger partial charge is 0.234 e. The Balaban J connectivity index is 1.96. The minimum absolute atomic E-state index is 0.0362. The molecule has 0 bridgehead atoms. The van der Waals surface area contributed by atoms with E-state index in [2.05, 4.69) is 62.2 Å². The third-order valence-electron chi connectivity index (χ3n) is 4.87. The number of carbonyl (C=O) groups excluding carboxylic acids is 1.